The number of likely N-dealkylation sites (N-methyl/N-ethyl adjacent to an activating group) is 1. The first-order valence-electron chi connectivity index (χ1n) is 5.22. The number of aliphatic hydroxyl groups excluding tert-OH is 1. The number of benzene rings is 1. The molecular formula is C12H17AcNO. The Morgan fingerprint density at radius 3 is 2.53 bits per heavy atom. The molecule has 2 unspecified atom stereocenters. The number of nitrogens with zero attached hydrogens (tertiary/aromatic N) is 1. The molecule has 1 fully saturated rings. The summed E-state index contributed by atoms with van der Waals surface area (Å²) in [5, 5.41) is 9.95. The summed E-state index contributed by atoms with van der Waals surface area (Å²) in [6.45, 7) is 1.08. The van der Waals surface area contributed by atoms with Crippen molar-refractivity contribution < 1.29 is 49.2 Å². The predicted molar refractivity (Wildman–Crippen MR) is 57.1 cm³/mol. The molecule has 3 heteroatoms. The zero-order chi connectivity index (χ0) is 9.97. The van der Waals surface area contributed by atoms with Gasteiger partial charge in [-0.3, -0.25) is 4.90 Å². The van der Waals surface area contributed by atoms with Gasteiger partial charge in [-0.25, -0.2) is 0 Å². The maximum atomic E-state index is 9.95. The average Bonchev–Trinajstić information content (AvgIpc) is 2.19. The van der Waals surface area contributed by atoms with Gasteiger partial charge in [-0.15, -0.1) is 0 Å². The fraction of sp³-hybridized carbons (Fsp3) is 0.500. The molecule has 0 saturated carbocycles. The molecule has 1 saturated heterocycles. The Balaban J connectivity index is 0.00000112. The molecule has 1 aromatic carbocycles. The van der Waals surface area contributed by atoms with Crippen LogP contribution in [-0.2, 0) is 0 Å². The number of hydrogen-bond donors (Lipinski definition) is 1. The topological polar surface area (TPSA) is 23.5 Å². The summed E-state index contributed by atoms with van der Waals surface area (Å²) in [6, 6.07) is 10.4. The van der Waals surface area contributed by atoms with Gasteiger partial charge in [0.1, 0.15) is 0 Å². The van der Waals surface area contributed by atoms with Crippen LogP contribution in [0, 0.1) is 44.1 Å². The third kappa shape index (κ3) is 3.27. The molecule has 1 aliphatic heterocycles. The molecule has 0 bridgehead atoms. The Bertz CT molecular complexity index is 281. The number of hydrogen-bond acceptors (Lipinski definition) is 2. The van der Waals surface area contributed by atoms with E-state index in [1.807, 2.05) is 18.2 Å². The maximum absolute atomic E-state index is 9.95. The molecule has 2 atom stereocenters. The molecule has 1 N–H and O–H groups in total. The molecule has 1 aliphatic rings. The molecule has 79 valence electrons. The van der Waals surface area contributed by atoms with Crippen molar-refractivity contribution in [1.29, 1.82) is 0 Å². The Kier molecular flexibility index (Phi) is 5.78. The van der Waals surface area contributed by atoms with Gasteiger partial charge < -0.3 is 5.11 Å². The van der Waals surface area contributed by atoms with Gasteiger partial charge in [0.25, 0.3) is 0 Å². The average molecular weight is 418 g/mol. The normalized spacial score (nSPS) is 27.1. The minimum absolute atomic E-state index is 0. The van der Waals surface area contributed by atoms with E-state index in [4.69, 9.17) is 0 Å². The fourth-order valence-electron chi connectivity index (χ4n) is 2.27. The van der Waals surface area contributed by atoms with Crippen LogP contribution >= 0.6 is 0 Å². The molecular weight excluding hydrogens is 401 g/mol. The SMILES string of the molecule is CN1CCCC(O)C1c1ccccc1.[Ac]. The van der Waals surface area contributed by atoms with E-state index in [1.165, 1.54) is 5.56 Å². The molecule has 1 aromatic rings. The number of piperidine rings is 1. The van der Waals surface area contributed by atoms with Crippen LogP contribution in [0.3, 0.4) is 0 Å². The summed E-state index contributed by atoms with van der Waals surface area (Å²) in [4.78, 5) is 2.24. The van der Waals surface area contributed by atoms with Gasteiger partial charge in [0.05, 0.1) is 12.1 Å². The molecule has 15 heavy (non-hydrogen) atoms. The number of aliphatic hydroxyl groups is 1. The summed E-state index contributed by atoms with van der Waals surface area (Å²) >= 11 is 0. The van der Waals surface area contributed by atoms with E-state index < -0.39 is 0 Å². The minimum Gasteiger partial charge on any atom is -0.391 e. The van der Waals surface area contributed by atoms with Crippen molar-refractivity contribution in [2.75, 3.05) is 13.6 Å². The van der Waals surface area contributed by atoms with Gasteiger partial charge >= 0.3 is 0 Å². The largest absolute Gasteiger partial charge is 0.391 e. The van der Waals surface area contributed by atoms with E-state index in [-0.39, 0.29) is 56.2 Å². The van der Waals surface area contributed by atoms with E-state index in [9.17, 15) is 5.11 Å². The van der Waals surface area contributed by atoms with Crippen molar-refractivity contribution >= 4 is 0 Å². The van der Waals surface area contributed by atoms with E-state index in [0.717, 1.165) is 19.4 Å². The third-order valence-electron chi connectivity index (χ3n) is 2.99. The molecule has 0 aromatic heterocycles. The Morgan fingerprint density at radius 1 is 1.27 bits per heavy atom. The fourth-order valence-corrected chi connectivity index (χ4v) is 2.27. The second-order valence-electron chi connectivity index (χ2n) is 4.05. The van der Waals surface area contributed by atoms with Gasteiger partial charge in [0, 0.05) is 44.1 Å². The van der Waals surface area contributed by atoms with Gasteiger partial charge in [0.15, 0.2) is 0 Å². The number of rotatable bonds is 1. The zero-order valence-corrected chi connectivity index (χ0v) is 13.9. The maximum Gasteiger partial charge on any atom is 0.0737 e. The Morgan fingerprint density at radius 2 is 1.93 bits per heavy atom. The monoisotopic (exact) mass is 418 g/mol. The van der Waals surface area contributed by atoms with Crippen LogP contribution in [0.2, 0.25) is 0 Å². The molecule has 2 nitrogen and oxygen atoms in total. The summed E-state index contributed by atoms with van der Waals surface area (Å²) in [7, 11) is 2.08. The van der Waals surface area contributed by atoms with Crippen LogP contribution in [0.15, 0.2) is 30.3 Å². The van der Waals surface area contributed by atoms with Crippen molar-refractivity contribution in [2.45, 2.75) is 25.0 Å². The van der Waals surface area contributed by atoms with Crippen LogP contribution in [0.1, 0.15) is 24.4 Å². The number of likely N-dealkylation sites (tertiary alicyclic amines) is 1. The van der Waals surface area contributed by atoms with E-state index in [1.54, 1.807) is 0 Å². The van der Waals surface area contributed by atoms with Crippen molar-refractivity contribution in [3.63, 3.8) is 0 Å². The minimum atomic E-state index is -0.212. The van der Waals surface area contributed by atoms with Gasteiger partial charge in [-0.2, -0.15) is 0 Å². The van der Waals surface area contributed by atoms with Gasteiger partial charge in [-0.1, -0.05) is 30.3 Å². The Hall–Kier alpha value is 0.582. The summed E-state index contributed by atoms with van der Waals surface area (Å²) in [6.07, 6.45) is 1.81. The standard InChI is InChI=1S/C12H17NO.Ac/c1-13-9-5-8-11(14)12(13)10-6-3-2-4-7-10;/h2-4,6-7,11-12,14H,5,8-9H2,1H3;. The van der Waals surface area contributed by atoms with Gasteiger partial charge in [-0.05, 0) is 32.0 Å². The van der Waals surface area contributed by atoms with Gasteiger partial charge in [0.2, 0.25) is 0 Å². The third-order valence-corrected chi connectivity index (χ3v) is 2.99. The molecule has 0 spiro atoms. The van der Waals surface area contributed by atoms with Crippen LogP contribution in [0.4, 0.5) is 0 Å². The van der Waals surface area contributed by atoms with E-state index in [0.29, 0.717) is 0 Å². The first-order valence-corrected chi connectivity index (χ1v) is 5.22. The van der Waals surface area contributed by atoms with E-state index >= 15 is 0 Å². The van der Waals surface area contributed by atoms with E-state index in [2.05, 4.69) is 24.1 Å². The second kappa shape index (κ2) is 6.35. The molecule has 1 heterocycles. The molecule has 1 radical (unpaired) electrons. The second-order valence-corrected chi connectivity index (χ2v) is 4.05. The zero-order valence-electron chi connectivity index (χ0n) is 9.13. The summed E-state index contributed by atoms with van der Waals surface area (Å²) < 4.78 is 0. The van der Waals surface area contributed by atoms with Crippen molar-refractivity contribution in [3.05, 3.63) is 35.9 Å². The first-order chi connectivity index (χ1) is 6.79. The van der Waals surface area contributed by atoms with Crippen LogP contribution < -0.4 is 0 Å². The van der Waals surface area contributed by atoms with Crippen LogP contribution in [0.25, 0.3) is 0 Å². The van der Waals surface area contributed by atoms with Crippen LogP contribution in [0.5, 0.6) is 0 Å². The van der Waals surface area contributed by atoms with Crippen LogP contribution in [-0.4, -0.2) is 29.7 Å². The summed E-state index contributed by atoms with van der Waals surface area (Å²) in [5.74, 6) is 0. The van der Waals surface area contributed by atoms with Crippen molar-refractivity contribution in [3.8, 4) is 0 Å². The molecule has 0 amide bonds. The quantitative estimate of drug-likeness (QED) is 0.753. The molecule has 2 rings (SSSR count). The predicted octanol–water partition coefficient (Wildman–Crippen LogP) is 1.81. The van der Waals surface area contributed by atoms with Crippen molar-refractivity contribution in [1.82, 2.24) is 4.90 Å². The smallest absolute Gasteiger partial charge is 0.0737 e. The summed E-state index contributed by atoms with van der Waals surface area (Å²) in [5.41, 5.74) is 1.22. The molecule has 0 aliphatic carbocycles. The first kappa shape index (κ1) is 13.6. The Labute approximate surface area is 127 Å². The van der Waals surface area contributed by atoms with Crippen molar-refractivity contribution in [2.24, 2.45) is 0 Å².